The van der Waals surface area contributed by atoms with Crippen molar-refractivity contribution in [3.05, 3.63) is 28.3 Å². The number of aliphatic hydroxyl groups is 1. The second-order valence-corrected chi connectivity index (χ2v) is 4.61. The molecule has 6 nitrogen and oxygen atoms in total. The van der Waals surface area contributed by atoms with Crippen LogP contribution in [0, 0.1) is 6.92 Å². The molecule has 7 heteroatoms. The number of hydrogen-bond donors (Lipinski definition) is 1. The van der Waals surface area contributed by atoms with E-state index in [1.165, 1.54) is 0 Å². The Balaban J connectivity index is 2.21. The van der Waals surface area contributed by atoms with Crippen molar-refractivity contribution in [1.29, 1.82) is 0 Å². The Hall–Kier alpha value is -1.40. The smallest absolute Gasteiger partial charge is 0.111 e. The molecule has 2 aromatic heterocycles. The number of rotatable bonds is 4. The summed E-state index contributed by atoms with van der Waals surface area (Å²) in [4.78, 5) is 0. The summed E-state index contributed by atoms with van der Waals surface area (Å²) in [6.45, 7) is 4.24. The molecule has 1 N–H and O–H groups in total. The van der Waals surface area contributed by atoms with Gasteiger partial charge in [0.25, 0.3) is 0 Å². The van der Waals surface area contributed by atoms with Gasteiger partial charge in [-0.2, -0.15) is 5.10 Å². The van der Waals surface area contributed by atoms with Crippen LogP contribution in [-0.2, 0) is 13.6 Å². The standard InChI is InChI=1S/C11H16ClN5O/c1-4-10(18)8-5-17(15-13-8)6-9-11(12)7(2)14-16(9)3/h5,10,18H,4,6H2,1-3H3. The first kappa shape index (κ1) is 13.0. The first-order chi connectivity index (χ1) is 8.52. The van der Waals surface area contributed by atoms with Crippen molar-refractivity contribution in [2.45, 2.75) is 32.9 Å². The Bertz CT molecular complexity index is 548. The highest BCUT2D eigenvalue weighted by Gasteiger charge is 2.14. The van der Waals surface area contributed by atoms with Crippen LogP contribution in [0.25, 0.3) is 0 Å². The number of halogens is 1. The molecule has 2 rings (SSSR count). The lowest BCUT2D eigenvalue weighted by Gasteiger charge is -2.03. The van der Waals surface area contributed by atoms with Gasteiger partial charge in [-0.15, -0.1) is 5.10 Å². The van der Waals surface area contributed by atoms with Gasteiger partial charge < -0.3 is 5.11 Å². The van der Waals surface area contributed by atoms with Crippen molar-refractivity contribution in [3.63, 3.8) is 0 Å². The summed E-state index contributed by atoms with van der Waals surface area (Å²) in [5.74, 6) is 0. The van der Waals surface area contributed by atoms with Crippen molar-refractivity contribution >= 4 is 11.6 Å². The first-order valence-corrected chi connectivity index (χ1v) is 6.16. The fraction of sp³-hybridized carbons (Fsp3) is 0.545. The molecule has 1 atom stereocenters. The van der Waals surface area contributed by atoms with Gasteiger partial charge >= 0.3 is 0 Å². The largest absolute Gasteiger partial charge is 0.387 e. The lowest BCUT2D eigenvalue weighted by Crippen LogP contribution is -2.06. The molecule has 18 heavy (non-hydrogen) atoms. The number of aromatic nitrogens is 5. The summed E-state index contributed by atoms with van der Waals surface area (Å²) >= 11 is 6.17. The van der Waals surface area contributed by atoms with Crippen molar-refractivity contribution < 1.29 is 5.11 Å². The van der Waals surface area contributed by atoms with E-state index >= 15 is 0 Å². The Morgan fingerprint density at radius 1 is 1.50 bits per heavy atom. The molecule has 0 aromatic carbocycles. The fourth-order valence-corrected chi connectivity index (χ4v) is 1.98. The molecule has 1 unspecified atom stereocenters. The number of aryl methyl sites for hydroxylation is 2. The summed E-state index contributed by atoms with van der Waals surface area (Å²) in [5, 5.41) is 22.5. The van der Waals surface area contributed by atoms with Crippen molar-refractivity contribution in [1.82, 2.24) is 24.8 Å². The molecule has 0 spiro atoms. The van der Waals surface area contributed by atoms with Gasteiger partial charge in [-0.3, -0.25) is 4.68 Å². The predicted molar refractivity (Wildman–Crippen MR) is 67.3 cm³/mol. The Morgan fingerprint density at radius 3 is 2.78 bits per heavy atom. The third-order valence-corrected chi connectivity index (χ3v) is 3.35. The second kappa shape index (κ2) is 5.07. The predicted octanol–water partition coefficient (Wildman–Crippen LogP) is 1.47. The second-order valence-electron chi connectivity index (χ2n) is 4.23. The molecule has 0 saturated carbocycles. The van der Waals surface area contributed by atoms with Crippen molar-refractivity contribution in [3.8, 4) is 0 Å². The van der Waals surface area contributed by atoms with E-state index in [2.05, 4.69) is 15.4 Å². The number of aliphatic hydroxyl groups excluding tert-OH is 1. The number of nitrogens with zero attached hydrogens (tertiary/aromatic N) is 5. The summed E-state index contributed by atoms with van der Waals surface area (Å²) in [7, 11) is 1.84. The van der Waals surface area contributed by atoms with Gasteiger partial charge in [0.1, 0.15) is 5.69 Å². The molecular formula is C11H16ClN5O. The van der Waals surface area contributed by atoms with Gasteiger partial charge in [0.15, 0.2) is 0 Å². The highest BCUT2D eigenvalue weighted by atomic mass is 35.5. The van der Waals surface area contributed by atoms with Crippen LogP contribution in [0.15, 0.2) is 6.20 Å². The van der Waals surface area contributed by atoms with Gasteiger partial charge in [0, 0.05) is 7.05 Å². The topological polar surface area (TPSA) is 68.8 Å². The summed E-state index contributed by atoms with van der Waals surface area (Å²) < 4.78 is 3.38. The fourth-order valence-electron chi connectivity index (χ4n) is 1.76. The van der Waals surface area contributed by atoms with Gasteiger partial charge in [-0.25, -0.2) is 4.68 Å². The average Bonchev–Trinajstić information content (AvgIpc) is 2.90. The molecule has 98 valence electrons. The molecule has 0 aliphatic carbocycles. The molecule has 2 aromatic rings. The SMILES string of the molecule is CCC(O)c1cn(Cc2c(Cl)c(C)nn2C)nn1. The zero-order valence-electron chi connectivity index (χ0n) is 10.6. The monoisotopic (exact) mass is 269 g/mol. The highest BCUT2D eigenvalue weighted by molar-refractivity contribution is 6.31. The number of hydrogen-bond acceptors (Lipinski definition) is 4. The van der Waals surface area contributed by atoms with Gasteiger partial charge in [0.05, 0.1) is 35.3 Å². The highest BCUT2D eigenvalue weighted by Crippen LogP contribution is 2.20. The zero-order valence-corrected chi connectivity index (χ0v) is 11.4. The maximum atomic E-state index is 9.66. The van der Waals surface area contributed by atoms with E-state index in [4.69, 9.17) is 11.6 Å². The third-order valence-electron chi connectivity index (χ3n) is 2.86. The summed E-state index contributed by atoms with van der Waals surface area (Å²) in [5.41, 5.74) is 2.24. The maximum Gasteiger partial charge on any atom is 0.111 e. The van der Waals surface area contributed by atoms with Crippen LogP contribution in [0.4, 0.5) is 0 Å². The van der Waals surface area contributed by atoms with Crippen molar-refractivity contribution in [2.24, 2.45) is 7.05 Å². The van der Waals surface area contributed by atoms with E-state index in [-0.39, 0.29) is 0 Å². The van der Waals surface area contributed by atoms with E-state index in [0.29, 0.717) is 23.7 Å². The molecule has 0 saturated heterocycles. The van der Waals surface area contributed by atoms with Crippen molar-refractivity contribution in [2.75, 3.05) is 0 Å². The first-order valence-electron chi connectivity index (χ1n) is 5.79. The quantitative estimate of drug-likeness (QED) is 0.912. The minimum atomic E-state index is -0.567. The minimum absolute atomic E-state index is 0.486. The Kier molecular flexibility index (Phi) is 3.68. The minimum Gasteiger partial charge on any atom is -0.387 e. The molecule has 0 aliphatic rings. The summed E-state index contributed by atoms with van der Waals surface area (Å²) in [6, 6.07) is 0. The van der Waals surface area contributed by atoms with E-state index < -0.39 is 6.10 Å². The molecule has 0 aliphatic heterocycles. The maximum absolute atomic E-state index is 9.66. The Labute approximate surface area is 110 Å². The van der Waals surface area contributed by atoms with E-state index in [9.17, 15) is 5.11 Å². The van der Waals surface area contributed by atoms with Gasteiger partial charge in [-0.05, 0) is 13.3 Å². The normalized spacial score (nSPS) is 12.9. The lowest BCUT2D eigenvalue weighted by molar-refractivity contribution is 0.168. The van der Waals surface area contributed by atoms with Crippen LogP contribution in [0.2, 0.25) is 5.02 Å². The van der Waals surface area contributed by atoms with Gasteiger partial charge in [0.2, 0.25) is 0 Å². The van der Waals surface area contributed by atoms with Crippen LogP contribution in [0.1, 0.15) is 36.5 Å². The average molecular weight is 270 g/mol. The van der Waals surface area contributed by atoms with Crippen LogP contribution in [0.5, 0.6) is 0 Å². The van der Waals surface area contributed by atoms with E-state index in [1.807, 2.05) is 20.9 Å². The zero-order chi connectivity index (χ0) is 13.3. The van der Waals surface area contributed by atoms with Crippen LogP contribution in [0.3, 0.4) is 0 Å². The lowest BCUT2D eigenvalue weighted by atomic mass is 10.2. The molecular weight excluding hydrogens is 254 g/mol. The van der Waals surface area contributed by atoms with E-state index in [1.54, 1.807) is 15.6 Å². The van der Waals surface area contributed by atoms with Crippen LogP contribution >= 0.6 is 11.6 Å². The molecule has 2 heterocycles. The van der Waals surface area contributed by atoms with Crippen LogP contribution in [-0.4, -0.2) is 29.9 Å². The van der Waals surface area contributed by atoms with Gasteiger partial charge in [-0.1, -0.05) is 23.7 Å². The molecule has 0 fully saturated rings. The third kappa shape index (κ3) is 2.39. The van der Waals surface area contributed by atoms with E-state index in [0.717, 1.165) is 11.4 Å². The molecule has 0 bridgehead atoms. The molecule has 0 amide bonds. The molecule has 0 radical (unpaired) electrons. The summed E-state index contributed by atoms with van der Waals surface area (Å²) in [6.07, 6.45) is 1.78. The van der Waals surface area contributed by atoms with Crippen LogP contribution < -0.4 is 0 Å². The Morgan fingerprint density at radius 2 is 2.22 bits per heavy atom.